The third-order valence-corrected chi connectivity index (χ3v) is 5.74. The van der Waals surface area contributed by atoms with Gasteiger partial charge in [0.15, 0.2) is 0 Å². The normalized spacial score (nSPS) is 20.3. The second-order valence-corrected chi connectivity index (χ2v) is 7.99. The summed E-state index contributed by atoms with van der Waals surface area (Å²) in [5.74, 6) is 2.10. The Balaban J connectivity index is 1.67. The van der Waals surface area contributed by atoms with E-state index in [1.807, 2.05) is 12.1 Å². The van der Waals surface area contributed by atoms with Gasteiger partial charge in [-0.2, -0.15) is 0 Å². The lowest BCUT2D eigenvalue weighted by atomic mass is 9.76. The van der Waals surface area contributed by atoms with Gasteiger partial charge in [0.1, 0.15) is 11.5 Å². The van der Waals surface area contributed by atoms with Crippen LogP contribution in [0.2, 0.25) is 0 Å². The first-order valence-electron chi connectivity index (χ1n) is 11.0. The molecule has 0 bridgehead atoms. The van der Waals surface area contributed by atoms with E-state index in [1.54, 1.807) is 0 Å². The zero-order valence-electron chi connectivity index (χ0n) is 17.0. The lowest BCUT2D eigenvalue weighted by Gasteiger charge is -2.27. The Morgan fingerprint density at radius 1 is 0.885 bits per heavy atom. The van der Waals surface area contributed by atoms with Crippen molar-refractivity contribution in [2.75, 3.05) is 6.61 Å². The second-order valence-electron chi connectivity index (χ2n) is 7.99. The fourth-order valence-electron chi connectivity index (χ4n) is 4.14. The van der Waals surface area contributed by atoms with E-state index >= 15 is 0 Å². The standard InChI is InChI=1S/C24H38O2/c1-3-5-6-7-8-9-10-18-26-22-15-13-21(14-16-22)23-17-12-20(11-4-2)19-24(23)25/h13-16,20,23H,3-12,17-19H2,1-2H3. The fourth-order valence-corrected chi connectivity index (χ4v) is 4.14. The van der Waals surface area contributed by atoms with Crippen molar-refractivity contribution < 1.29 is 9.53 Å². The van der Waals surface area contributed by atoms with Gasteiger partial charge in [-0.15, -0.1) is 0 Å². The van der Waals surface area contributed by atoms with Gasteiger partial charge in [-0.1, -0.05) is 77.3 Å². The Labute approximate surface area is 160 Å². The first kappa shape index (κ1) is 21.0. The quantitative estimate of drug-likeness (QED) is 0.373. The lowest BCUT2D eigenvalue weighted by Crippen LogP contribution is -2.23. The van der Waals surface area contributed by atoms with Crippen molar-refractivity contribution in [2.24, 2.45) is 5.92 Å². The molecule has 1 aliphatic rings. The first-order chi connectivity index (χ1) is 12.7. The van der Waals surface area contributed by atoms with E-state index in [4.69, 9.17) is 4.74 Å². The van der Waals surface area contributed by atoms with Crippen molar-refractivity contribution in [3.05, 3.63) is 29.8 Å². The van der Waals surface area contributed by atoms with Gasteiger partial charge in [-0.3, -0.25) is 4.79 Å². The van der Waals surface area contributed by atoms with Crippen molar-refractivity contribution in [3.8, 4) is 5.75 Å². The lowest BCUT2D eigenvalue weighted by molar-refractivity contribution is -0.123. The maximum atomic E-state index is 12.5. The van der Waals surface area contributed by atoms with E-state index in [0.717, 1.165) is 31.6 Å². The Bertz CT molecular complexity index is 505. The van der Waals surface area contributed by atoms with Crippen molar-refractivity contribution in [1.29, 1.82) is 0 Å². The van der Waals surface area contributed by atoms with Gasteiger partial charge in [0.05, 0.1) is 6.61 Å². The molecule has 0 spiro atoms. The van der Waals surface area contributed by atoms with Crippen LogP contribution in [0.3, 0.4) is 0 Å². The summed E-state index contributed by atoms with van der Waals surface area (Å²) in [5.41, 5.74) is 1.17. The molecule has 0 aromatic heterocycles. The maximum absolute atomic E-state index is 12.5. The Hall–Kier alpha value is -1.31. The molecule has 0 saturated heterocycles. The topological polar surface area (TPSA) is 26.3 Å². The number of hydrogen-bond donors (Lipinski definition) is 0. The molecule has 1 fully saturated rings. The van der Waals surface area contributed by atoms with Gasteiger partial charge in [0.2, 0.25) is 0 Å². The summed E-state index contributed by atoms with van der Waals surface area (Å²) in [6.07, 6.45) is 14.5. The average molecular weight is 359 g/mol. The molecule has 1 aliphatic carbocycles. The van der Waals surface area contributed by atoms with E-state index < -0.39 is 0 Å². The largest absolute Gasteiger partial charge is 0.494 e. The minimum absolute atomic E-state index is 0.111. The van der Waals surface area contributed by atoms with Crippen LogP contribution in [0, 0.1) is 5.92 Å². The highest BCUT2D eigenvalue weighted by Gasteiger charge is 2.29. The van der Waals surface area contributed by atoms with Gasteiger partial charge in [0.25, 0.3) is 0 Å². The van der Waals surface area contributed by atoms with Crippen LogP contribution in [0.15, 0.2) is 24.3 Å². The number of benzene rings is 1. The predicted molar refractivity (Wildman–Crippen MR) is 110 cm³/mol. The van der Waals surface area contributed by atoms with E-state index in [0.29, 0.717) is 11.7 Å². The predicted octanol–water partition coefficient (Wildman–Crippen LogP) is 7.07. The summed E-state index contributed by atoms with van der Waals surface area (Å²) in [4.78, 5) is 12.5. The molecule has 1 aromatic rings. The molecule has 1 aromatic carbocycles. The molecule has 2 heteroatoms. The van der Waals surface area contributed by atoms with Crippen molar-refractivity contribution in [2.45, 2.75) is 96.8 Å². The number of ketones is 1. The molecule has 2 nitrogen and oxygen atoms in total. The third kappa shape index (κ3) is 7.13. The smallest absolute Gasteiger partial charge is 0.140 e. The number of carbonyl (C=O) groups is 1. The molecule has 2 unspecified atom stereocenters. The molecular formula is C24H38O2. The summed E-state index contributed by atoms with van der Waals surface area (Å²) in [7, 11) is 0. The van der Waals surface area contributed by atoms with Crippen molar-refractivity contribution in [1.82, 2.24) is 0 Å². The zero-order chi connectivity index (χ0) is 18.6. The monoisotopic (exact) mass is 358 g/mol. The van der Waals surface area contributed by atoms with E-state index in [-0.39, 0.29) is 5.92 Å². The molecule has 0 aliphatic heterocycles. The summed E-state index contributed by atoms with van der Waals surface area (Å²) in [5, 5.41) is 0. The molecule has 0 radical (unpaired) electrons. The molecule has 2 atom stereocenters. The van der Waals surface area contributed by atoms with Crippen LogP contribution < -0.4 is 4.74 Å². The van der Waals surface area contributed by atoms with Gasteiger partial charge >= 0.3 is 0 Å². The summed E-state index contributed by atoms with van der Waals surface area (Å²) in [6, 6.07) is 8.29. The molecule has 146 valence electrons. The number of unbranched alkanes of at least 4 members (excludes halogenated alkanes) is 6. The number of hydrogen-bond acceptors (Lipinski definition) is 2. The molecular weight excluding hydrogens is 320 g/mol. The summed E-state index contributed by atoms with van der Waals surface area (Å²) in [6.45, 7) is 5.27. The van der Waals surface area contributed by atoms with Crippen molar-refractivity contribution >= 4 is 5.78 Å². The Morgan fingerprint density at radius 3 is 2.23 bits per heavy atom. The third-order valence-electron chi connectivity index (χ3n) is 5.74. The number of carbonyl (C=O) groups excluding carboxylic acids is 1. The van der Waals surface area contributed by atoms with Gasteiger partial charge < -0.3 is 4.74 Å². The van der Waals surface area contributed by atoms with E-state index in [9.17, 15) is 4.79 Å². The zero-order valence-corrected chi connectivity index (χ0v) is 17.0. The van der Waals surface area contributed by atoms with Crippen LogP contribution in [0.25, 0.3) is 0 Å². The Morgan fingerprint density at radius 2 is 1.58 bits per heavy atom. The molecule has 0 heterocycles. The summed E-state index contributed by atoms with van der Waals surface area (Å²) >= 11 is 0. The first-order valence-corrected chi connectivity index (χ1v) is 11.0. The molecule has 0 N–H and O–H groups in total. The van der Waals surface area contributed by atoms with E-state index in [1.165, 1.54) is 63.4 Å². The van der Waals surface area contributed by atoms with Gasteiger partial charge in [-0.25, -0.2) is 0 Å². The van der Waals surface area contributed by atoms with Crippen LogP contribution in [-0.2, 0) is 4.79 Å². The Kier molecular flexibility index (Phi) is 9.81. The SMILES string of the molecule is CCCCCCCCCOc1ccc(C2CCC(CCC)CC2=O)cc1. The number of ether oxygens (including phenoxy) is 1. The van der Waals surface area contributed by atoms with Crippen LogP contribution >= 0.6 is 0 Å². The minimum Gasteiger partial charge on any atom is -0.494 e. The van der Waals surface area contributed by atoms with Crippen molar-refractivity contribution in [3.63, 3.8) is 0 Å². The second kappa shape index (κ2) is 12.1. The fraction of sp³-hybridized carbons (Fsp3) is 0.708. The molecule has 0 amide bonds. The molecule has 1 saturated carbocycles. The molecule has 26 heavy (non-hydrogen) atoms. The van der Waals surface area contributed by atoms with Gasteiger partial charge in [0, 0.05) is 12.3 Å². The van der Waals surface area contributed by atoms with Crippen LogP contribution in [0.5, 0.6) is 5.75 Å². The highest BCUT2D eigenvalue weighted by Crippen LogP contribution is 2.35. The van der Waals surface area contributed by atoms with Crippen LogP contribution in [0.1, 0.15) is 102 Å². The maximum Gasteiger partial charge on any atom is 0.140 e. The highest BCUT2D eigenvalue weighted by molar-refractivity contribution is 5.86. The highest BCUT2D eigenvalue weighted by atomic mass is 16.5. The average Bonchev–Trinajstić information content (AvgIpc) is 2.65. The number of Topliss-reactive ketones (excluding diaryl/α,β-unsaturated/α-hetero) is 1. The minimum atomic E-state index is 0.111. The molecule has 2 rings (SSSR count). The van der Waals surface area contributed by atoms with Crippen LogP contribution in [0.4, 0.5) is 0 Å². The van der Waals surface area contributed by atoms with E-state index in [2.05, 4.69) is 26.0 Å². The van der Waals surface area contributed by atoms with Crippen LogP contribution in [-0.4, -0.2) is 12.4 Å². The van der Waals surface area contributed by atoms with Gasteiger partial charge in [-0.05, 0) is 42.9 Å². The number of rotatable bonds is 12. The summed E-state index contributed by atoms with van der Waals surface area (Å²) < 4.78 is 5.87.